The lowest BCUT2D eigenvalue weighted by Gasteiger charge is -2.29. The van der Waals surface area contributed by atoms with Gasteiger partial charge in [-0.3, -0.25) is 9.79 Å². The minimum absolute atomic E-state index is 0.270. The summed E-state index contributed by atoms with van der Waals surface area (Å²) in [5.74, 6) is -0.619. The van der Waals surface area contributed by atoms with E-state index >= 15 is 0 Å². The number of ether oxygens (including phenoxy) is 1. The van der Waals surface area contributed by atoms with E-state index < -0.39 is 11.8 Å². The number of hydrogen-bond donors (Lipinski definition) is 1. The Morgan fingerprint density at radius 1 is 1.28 bits per heavy atom. The number of H-pyrrole nitrogens is 1. The summed E-state index contributed by atoms with van der Waals surface area (Å²) in [6, 6.07) is 9.36. The first-order chi connectivity index (χ1) is 12.0. The fraction of sp³-hybridized carbons (Fsp3) is 0.263. The van der Waals surface area contributed by atoms with Crippen LogP contribution in [-0.4, -0.2) is 17.8 Å². The molecule has 2 heterocycles. The highest BCUT2D eigenvalue weighted by molar-refractivity contribution is 5.93. The van der Waals surface area contributed by atoms with Gasteiger partial charge >= 0.3 is 0 Å². The van der Waals surface area contributed by atoms with E-state index in [0.717, 1.165) is 5.56 Å². The van der Waals surface area contributed by atoms with Crippen molar-refractivity contribution in [2.45, 2.75) is 19.8 Å². The van der Waals surface area contributed by atoms with Gasteiger partial charge in [0.1, 0.15) is 5.75 Å². The molecule has 2 atom stereocenters. The molecule has 0 amide bonds. The maximum Gasteiger partial charge on any atom is 0.254 e. The van der Waals surface area contributed by atoms with Gasteiger partial charge in [0.15, 0.2) is 0 Å². The Balaban J connectivity index is 2.35. The number of nitrogens with one attached hydrogen (secondary N) is 1. The Morgan fingerprint density at radius 3 is 2.68 bits per heavy atom. The fourth-order valence-corrected chi connectivity index (χ4v) is 3.27. The second kappa shape index (κ2) is 6.26. The molecule has 2 aromatic rings. The molecule has 1 aliphatic heterocycles. The minimum atomic E-state index is -0.586. The zero-order valence-electron chi connectivity index (χ0n) is 14.1. The summed E-state index contributed by atoms with van der Waals surface area (Å²) < 4.78 is 5.44. The van der Waals surface area contributed by atoms with Crippen molar-refractivity contribution in [1.82, 2.24) is 4.98 Å². The summed E-state index contributed by atoms with van der Waals surface area (Å²) in [6.45, 7) is 3.66. The molecule has 0 saturated carbocycles. The lowest BCUT2D eigenvalue weighted by Crippen LogP contribution is -2.30. The number of hydrogen-bond acceptors (Lipinski definition) is 5. The summed E-state index contributed by atoms with van der Waals surface area (Å²) in [5, 5.41) is 18.8. The third-order valence-corrected chi connectivity index (χ3v) is 4.51. The zero-order chi connectivity index (χ0) is 18.1. The molecule has 25 heavy (non-hydrogen) atoms. The van der Waals surface area contributed by atoms with Gasteiger partial charge in [-0.2, -0.15) is 10.5 Å². The lowest BCUT2D eigenvalue weighted by atomic mass is 9.76. The van der Waals surface area contributed by atoms with Crippen LogP contribution in [0.2, 0.25) is 0 Å². The highest BCUT2D eigenvalue weighted by atomic mass is 16.5. The molecule has 124 valence electrons. The topological polar surface area (TPSA) is 102 Å². The molecule has 0 aliphatic carbocycles. The van der Waals surface area contributed by atoms with Crippen molar-refractivity contribution in [3.05, 3.63) is 57.0 Å². The highest BCUT2D eigenvalue weighted by Gasteiger charge is 2.37. The molecular formula is C19H16N4O2. The quantitative estimate of drug-likeness (QED) is 0.913. The maximum absolute atomic E-state index is 12.6. The van der Waals surface area contributed by atoms with Gasteiger partial charge in [0, 0.05) is 23.4 Å². The number of aromatic amines is 1. The lowest BCUT2D eigenvalue weighted by molar-refractivity contribution is 0.406. The molecule has 6 heteroatoms. The van der Waals surface area contributed by atoms with Crippen molar-refractivity contribution < 1.29 is 4.74 Å². The summed E-state index contributed by atoms with van der Waals surface area (Å²) in [6.07, 6.45) is 1.62. The number of nitrogens with zero attached hydrogens (tertiary/aromatic N) is 3. The van der Waals surface area contributed by atoms with E-state index in [9.17, 15) is 10.1 Å². The molecule has 2 unspecified atom stereocenters. The van der Waals surface area contributed by atoms with Crippen LogP contribution in [0.5, 0.6) is 5.75 Å². The van der Waals surface area contributed by atoms with Gasteiger partial charge in [0.2, 0.25) is 0 Å². The molecule has 1 aromatic heterocycles. The highest BCUT2D eigenvalue weighted by Crippen LogP contribution is 2.44. The number of fused-ring (bicyclic) bond motifs is 1. The molecule has 0 spiro atoms. The van der Waals surface area contributed by atoms with E-state index in [0.29, 0.717) is 33.8 Å². The van der Waals surface area contributed by atoms with Gasteiger partial charge in [-0.25, -0.2) is 0 Å². The van der Waals surface area contributed by atoms with Crippen LogP contribution in [-0.2, 0) is 0 Å². The zero-order valence-corrected chi connectivity index (χ0v) is 14.1. The van der Waals surface area contributed by atoms with E-state index in [-0.39, 0.29) is 5.56 Å². The average molecular weight is 332 g/mol. The summed E-state index contributed by atoms with van der Waals surface area (Å²) in [4.78, 5) is 19.8. The number of aliphatic imine (C=N–C) groups is 1. The standard InChI is InChI=1S/C19H16N4O2/c1-10-9-22-19(24)17-16(14(8-21)11(2)23-18(10)17)13-5-4-12(7-20)6-15(13)25-3/h4-6,9,14,16H,1-3H3,(H,22,24). The van der Waals surface area contributed by atoms with Crippen LogP contribution in [0.4, 0.5) is 5.69 Å². The van der Waals surface area contributed by atoms with Crippen LogP contribution in [0.3, 0.4) is 0 Å². The molecule has 1 N–H and O–H groups in total. The second-order valence-electron chi connectivity index (χ2n) is 5.97. The van der Waals surface area contributed by atoms with E-state index in [1.807, 2.05) is 6.92 Å². The van der Waals surface area contributed by atoms with Crippen LogP contribution in [0.15, 0.2) is 34.2 Å². The number of pyridine rings is 1. The number of rotatable bonds is 2. The maximum atomic E-state index is 12.6. The van der Waals surface area contributed by atoms with E-state index in [4.69, 9.17) is 10.00 Å². The van der Waals surface area contributed by atoms with Crippen molar-refractivity contribution in [2.75, 3.05) is 7.11 Å². The molecule has 3 rings (SSSR count). The third kappa shape index (κ3) is 2.58. The first-order valence-electron chi connectivity index (χ1n) is 7.76. The molecule has 0 radical (unpaired) electrons. The minimum Gasteiger partial charge on any atom is -0.496 e. The Kier molecular flexibility index (Phi) is 4.12. The van der Waals surface area contributed by atoms with Gasteiger partial charge in [-0.1, -0.05) is 6.07 Å². The average Bonchev–Trinajstić information content (AvgIpc) is 2.63. The van der Waals surface area contributed by atoms with Gasteiger partial charge in [-0.05, 0) is 31.5 Å². The number of nitriles is 2. The first-order valence-corrected chi connectivity index (χ1v) is 7.76. The molecule has 0 bridgehead atoms. The van der Waals surface area contributed by atoms with Crippen LogP contribution in [0, 0.1) is 35.5 Å². The predicted octanol–water partition coefficient (Wildman–Crippen LogP) is 2.94. The number of methoxy groups -OCH3 is 1. The number of aromatic nitrogens is 1. The van der Waals surface area contributed by atoms with Gasteiger partial charge < -0.3 is 9.72 Å². The predicted molar refractivity (Wildman–Crippen MR) is 93.2 cm³/mol. The molecule has 1 aromatic carbocycles. The summed E-state index contributed by atoms with van der Waals surface area (Å²) in [7, 11) is 1.51. The van der Waals surface area contributed by atoms with Gasteiger partial charge in [0.05, 0.1) is 42.0 Å². The Hall–Kier alpha value is -3.38. The van der Waals surface area contributed by atoms with Crippen LogP contribution >= 0.6 is 0 Å². The molecule has 0 fully saturated rings. The molecule has 1 aliphatic rings. The SMILES string of the molecule is COc1cc(C#N)ccc1C1c2c(c(C)c[nH]c2=O)N=C(C)C1C#N. The molecule has 0 saturated heterocycles. The second-order valence-corrected chi connectivity index (χ2v) is 5.97. The largest absolute Gasteiger partial charge is 0.496 e. The third-order valence-electron chi connectivity index (χ3n) is 4.51. The van der Waals surface area contributed by atoms with Crippen molar-refractivity contribution in [3.63, 3.8) is 0 Å². The van der Waals surface area contributed by atoms with Gasteiger partial charge in [-0.15, -0.1) is 0 Å². The van der Waals surface area contributed by atoms with Crippen molar-refractivity contribution in [3.8, 4) is 17.9 Å². The Labute approximate surface area is 145 Å². The summed E-state index contributed by atoms with van der Waals surface area (Å²) >= 11 is 0. The van der Waals surface area contributed by atoms with Crippen LogP contribution < -0.4 is 10.3 Å². The molecule has 6 nitrogen and oxygen atoms in total. The Bertz CT molecular complexity index is 1020. The number of aryl methyl sites for hydroxylation is 1. The van der Waals surface area contributed by atoms with Crippen molar-refractivity contribution in [2.24, 2.45) is 10.9 Å². The monoisotopic (exact) mass is 332 g/mol. The van der Waals surface area contributed by atoms with Crippen LogP contribution in [0.1, 0.15) is 35.1 Å². The summed E-state index contributed by atoms with van der Waals surface area (Å²) in [5.41, 5.74) is 3.43. The van der Waals surface area contributed by atoms with E-state index in [1.54, 1.807) is 31.3 Å². The first kappa shape index (κ1) is 16.5. The number of benzene rings is 1. The van der Waals surface area contributed by atoms with Crippen molar-refractivity contribution >= 4 is 11.4 Å². The van der Waals surface area contributed by atoms with Crippen LogP contribution in [0.25, 0.3) is 0 Å². The van der Waals surface area contributed by atoms with E-state index in [2.05, 4.69) is 22.1 Å². The van der Waals surface area contributed by atoms with Gasteiger partial charge in [0.25, 0.3) is 5.56 Å². The smallest absolute Gasteiger partial charge is 0.254 e. The fourth-order valence-electron chi connectivity index (χ4n) is 3.27. The molecular weight excluding hydrogens is 316 g/mol. The van der Waals surface area contributed by atoms with Crippen molar-refractivity contribution in [1.29, 1.82) is 10.5 Å². The van der Waals surface area contributed by atoms with E-state index in [1.165, 1.54) is 7.11 Å². The normalized spacial score (nSPS) is 18.5. The Morgan fingerprint density at radius 2 is 2.04 bits per heavy atom.